The Kier molecular flexibility index (Phi) is 2.22. The lowest BCUT2D eigenvalue weighted by Crippen LogP contribution is -2.23. The van der Waals surface area contributed by atoms with Crippen molar-refractivity contribution in [3.8, 4) is 0 Å². The first-order chi connectivity index (χ1) is 6.65. The van der Waals surface area contributed by atoms with E-state index < -0.39 is 0 Å². The zero-order valence-corrected chi connectivity index (χ0v) is 8.73. The fraction of sp³-hybridized carbons (Fsp3) is 0.500. The van der Waals surface area contributed by atoms with Crippen LogP contribution in [0.4, 0.5) is 10.1 Å². The van der Waals surface area contributed by atoms with Crippen molar-refractivity contribution in [2.75, 3.05) is 11.9 Å². The molecule has 76 valence electrons. The van der Waals surface area contributed by atoms with Crippen LogP contribution >= 0.6 is 0 Å². The van der Waals surface area contributed by atoms with Crippen molar-refractivity contribution in [2.45, 2.75) is 32.1 Å². The zero-order valence-electron chi connectivity index (χ0n) is 8.73. The smallest absolute Gasteiger partial charge is 0.123 e. The maximum atomic E-state index is 13.1. The molecule has 1 aliphatic rings. The number of benzene rings is 1. The van der Waals surface area contributed by atoms with Crippen molar-refractivity contribution in [3.05, 3.63) is 29.6 Å². The SMILES string of the molecule is CCCC1(C)CNc2ccc(F)cc21. The zero-order chi connectivity index (χ0) is 10.2. The molecule has 2 heteroatoms. The largest absolute Gasteiger partial charge is 0.384 e. The first-order valence-electron chi connectivity index (χ1n) is 5.19. The van der Waals surface area contributed by atoms with E-state index in [9.17, 15) is 4.39 Å². The van der Waals surface area contributed by atoms with Crippen molar-refractivity contribution < 1.29 is 4.39 Å². The quantitative estimate of drug-likeness (QED) is 0.759. The molecule has 1 N–H and O–H groups in total. The highest BCUT2D eigenvalue weighted by molar-refractivity contribution is 5.60. The lowest BCUT2D eigenvalue weighted by atomic mass is 9.80. The molecule has 0 fully saturated rings. The molecule has 0 radical (unpaired) electrons. The Bertz CT molecular complexity index is 344. The molecule has 0 spiro atoms. The Labute approximate surface area is 84.3 Å². The second kappa shape index (κ2) is 3.26. The maximum Gasteiger partial charge on any atom is 0.123 e. The summed E-state index contributed by atoms with van der Waals surface area (Å²) in [5, 5.41) is 3.34. The van der Waals surface area contributed by atoms with Gasteiger partial charge in [0.1, 0.15) is 5.82 Å². The normalized spacial score (nSPS) is 24.5. The molecule has 0 bridgehead atoms. The van der Waals surface area contributed by atoms with Gasteiger partial charge in [0.05, 0.1) is 0 Å². The number of nitrogens with one attached hydrogen (secondary N) is 1. The van der Waals surface area contributed by atoms with Gasteiger partial charge in [0.15, 0.2) is 0 Å². The highest BCUT2D eigenvalue weighted by Crippen LogP contribution is 2.39. The highest BCUT2D eigenvalue weighted by Gasteiger charge is 2.33. The van der Waals surface area contributed by atoms with Gasteiger partial charge in [-0.2, -0.15) is 0 Å². The van der Waals surface area contributed by atoms with Crippen LogP contribution in [-0.4, -0.2) is 6.54 Å². The van der Waals surface area contributed by atoms with Crippen LogP contribution in [0, 0.1) is 5.82 Å². The van der Waals surface area contributed by atoms with Crippen LogP contribution in [0.25, 0.3) is 0 Å². The van der Waals surface area contributed by atoms with E-state index in [2.05, 4.69) is 19.2 Å². The second-order valence-electron chi connectivity index (χ2n) is 4.35. The van der Waals surface area contributed by atoms with E-state index >= 15 is 0 Å². The Morgan fingerprint density at radius 3 is 3.00 bits per heavy atom. The summed E-state index contributed by atoms with van der Waals surface area (Å²) in [7, 11) is 0. The standard InChI is InChI=1S/C12H16FN/c1-3-6-12(2)8-14-11-5-4-9(13)7-10(11)12/h4-5,7,14H,3,6,8H2,1-2H3. The third-order valence-electron chi connectivity index (χ3n) is 3.10. The molecule has 0 saturated carbocycles. The highest BCUT2D eigenvalue weighted by atomic mass is 19.1. The molecule has 0 amide bonds. The van der Waals surface area contributed by atoms with Crippen LogP contribution < -0.4 is 5.32 Å². The van der Waals surface area contributed by atoms with Gasteiger partial charge in [-0.3, -0.25) is 0 Å². The molecule has 1 unspecified atom stereocenters. The molecule has 14 heavy (non-hydrogen) atoms. The molecular weight excluding hydrogens is 177 g/mol. The molecule has 1 heterocycles. The Balaban J connectivity index is 2.41. The summed E-state index contributed by atoms with van der Waals surface area (Å²) in [6.45, 7) is 5.30. The number of hydrogen-bond donors (Lipinski definition) is 1. The van der Waals surface area contributed by atoms with Gasteiger partial charge in [-0.1, -0.05) is 20.3 Å². The number of hydrogen-bond acceptors (Lipinski definition) is 1. The Hall–Kier alpha value is -1.05. The van der Waals surface area contributed by atoms with Crippen molar-refractivity contribution in [2.24, 2.45) is 0 Å². The van der Waals surface area contributed by atoms with Gasteiger partial charge in [0.2, 0.25) is 0 Å². The van der Waals surface area contributed by atoms with E-state index in [1.807, 2.05) is 6.07 Å². The first kappa shape index (κ1) is 9.50. The number of halogens is 1. The molecule has 1 aliphatic heterocycles. The van der Waals surface area contributed by atoms with E-state index in [1.54, 1.807) is 6.07 Å². The van der Waals surface area contributed by atoms with Crippen LogP contribution in [0.1, 0.15) is 32.3 Å². The summed E-state index contributed by atoms with van der Waals surface area (Å²) in [6, 6.07) is 5.03. The Morgan fingerprint density at radius 1 is 1.50 bits per heavy atom. The van der Waals surface area contributed by atoms with Crippen molar-refractivity contribution in [1.29, 1.82) is 0 Å². The number of anilines is 1. The fourth-order valence-corrected chi connectivity index (χ4v) is 2.33. The van der Waals surface area contributed by atoms with Crippen molar-refractivity contribution >= 4 is 5.69 Å². The lowest BCUT2D eigenvalue weighted by Gasteiger charge is -2.23. The summed E-state index contributed by atoms with van der Waals surface area (Å²) < 4.78 is 13.1. The van der Waals surface area contributed by atoms with E-state index in [4.69, 9.17) is 0 Å². The van der Waals surface area contributed by atoms with Gasteiger partial charge >= 0.3 is 0 Å². The predicted octanol–water partition coefficient (Wildman–Crippen LogP) is 3.31. The molecule has 0 aromatic heterocycles. The van der Waals surface area contributed by atoms with Crippen LogP contribution in [0.2, 0.25) is 0 Å². The average Bonchev–Trinajstić information content (AvgIpc) is 2.45. The second-order valence-corrected chi connectivity index (χ2v) is 4.35. The monoisotopic (exact) mass is 193 g/mol. The molecule has 1 nitrogen and oxygen atoms in total. The Morgan fingerprint density at radius 2 is 2.29 bits per heavy atom. The molecule has 0 saturated heterocycles. The first-order valence-corrected chi connectivity index (χ1v) is 5.19. The van der Waals surface area contributed by atoms with Gasteiger partial charge in [-0.15, -0.1) is 0 Å². The van der Waals surface area contributed by atoms with Gasteiger partial charge in [0.25, 0.3) is 0 Å². The van der Waals surface area contributed by atoms with Crippen molar-refractivity contribution in [3.63, 3.8) is 0 Å². The minimum Gasteiger partial charge on any atom is -0.384 e. The van der Waals surface area contributed by atoms with Crippen molar-refractivity contribution in [1.82, 2.24) is 0 Å². The molecule has 1 aromatic rings. The lowest BCUT2D eigenvalue weighted by molar-refractivity contribution is 0.468. The van der Waals surface area contributed by atoms with Gasteiger partial charge in [-0.25, -0.2) is 4.39 Å². The minimum atomic E-state index is -0.130. The summed E-state index contributed by atoms with van der Waals surface area (Å²) in [4.78, 5) is 0. The van der Waals surface area contributed by atoms with Crippen LogP contribution in [0.3, 0.4) is 0 Å². The summed E-state index contributed by atoms with van der Waals surface area (Å²) in [6.07, 6.45) is 2.24. The summed E-state index contributed by atoms with van der Waals surface area (Å²) in [5.41, 5.74) is 2.35. The molecule has 1 aromatic carbocycles. The summed E-state index contributed by atoms with van der Waals surface area (Å²) in [5.74, 6) is -0.130. The molecular formula is C12H16FN. The molecule has 0 aliphatic carbocycles. The number of fused-ring (bicyclic) bond motifs is 1. The topological polar surface area (TPSA) is 12.0 Å². The van der Waals surface area contributed by atoms with Crippen LogP contribution in [-0.2, 0) is 5.41 Å². The van der Waals surface area contributed by atoms with E-state index in [1.165, 1.54) is 6.07 Å². The predicted molar refractivity (Wildman–Crippen MR) is 57.1 cm³/mol. The van der Waals surface area contributed by atoms with E-state index in [0.29, 0.717) is 0 Å². The van der Waals surface area contributed by atoms with Gasteiger partial charge in [0, 0.05) is 17.6 Å². The fourth-order valence-electron chi connectivity index (χ4n) is 2.33. The van der Waals surface area contributed by atoms with E-state index in [0.717, 1.165) is 30.6 Å². The van der Waals surface area contributed by atoms with Gasteiger partial charge < -0.3 is 5.32 Å². The third-order valence-corrected chi connectivity index (χ3v) is 3.10. The maximum absolute atomic E-state index is 13.1. The average molecular weight is 193 g/mol. The van der Waals surface area contributed by atoms with Gasteiger partial charge in [-0.05, 0) is 30.2 Å². The number of rotatable bonds is 2. The summed E-state index contributed by atoms with van der Waals surface area (Å²) >= 11 is 0. The molecule has 1 atom stereocenters. The van der Waals surface area contributed by atoms with E-state index in [-0.39, 0.29) is 11.2 Å². The third kappa shape index (κ3) is 1.39. The minimum absolute atomic E-state index is 0.117. The van der Waals surface area contributed by atoms with Crippen LogP contribution in [0.15, 0.2) is 18.2 Å². The molecule has 2 rings (SSSR count). The van der Waals surface area contributed by atoms with Crippen LogP contribution in [0.5, 0.6) is 0 Å².